The van der Waals surface area contributed by atoms with E-state index in [1.54, 1.807) is 12.1 Å². The largest absolute Gasteiger partial charge is 0.484 e. The first-order valence-corrected chi connectivity index (χ1v) is 8.28. The molecule has 0 radical (unpaired) electrons. The molecule has 0 aliphatic carbocycles. The second-order valence-corrected chi connectivity index (χ2v) is 7.06. The highest BCUT2D eigenvalue weighted by Gasteiger charge is 2.16. The van der Waals surface area contributed by atoms with Crippen molar-refractivity contribution in [3.63, 3.8) is 0 Å². The number of nitrogens with one attached hydrogen (secondary N) is 1. The Morgan fingerprint density at radius 3 is 2.48 bits per heavy atom. The Hall–Kier alpha value is -2.32. The van der Waals surface area contributed by atoms with Crippen LogP contribution < -0.4 is 10.1 Å². The molecule has 0 aliphatic heterocycles. The number of benzene rings is 1. The topological polar surface area (TPSA) is 88.8 Å². The second kappa shape index (κ2) is 7.30. The summed E-state index contributed by atoms with van der Waals surface area (Å²) in [5.41, 5.74) is 0. The van der Waals surface area contributed by atoms with Gasteiger partial charge >= 0.3 is 0 Å². The minimum absolute atomic E-state index is 0.164. The maximum Gasteiger partial charge on any atom is 0.258 e. The first-order valence-electron chi connectivity index (χ1n) is 6.84. The molecule has 0 bridgehead atoms. The third kappa shape index (κ3) is 4.57. The van der Waals surface area contributed by atoms with Crippen LogP contribution in [0.4, 0.5) is 0 Å². The summed E-state index contributed by atoms with van der Waals surface area (Å²) in [5, 5.41) is 2.65. The van der Waals surface area contributed by atoms with E-state index in [2.05, 4.69) is 5.32 Å². The van der Waals surface area contributed by atoms with Crippen LogP contribution in [0.25, 0.3) is 0 Å². The molecule has 1 heterocycles. The molecular formula is C15H18N2O5S. The summed E-state index contributed by atoms with van der Waals surface area (Å²) >= 11 is 0. The van der Waals surface area contributed by atoms with Gasteiger partial charge in [-0.2, -0.15) is 0 Å². The van der Waals surface area contributed by atoms with Crippen LogP contribution in [0.15, 0.2) is 52.0 Å². The van der Waals surface area contributed by atoms with Crippen LogP contribution in [-0.2, 0) is 21.4 Å². The summed E-state index contributed by atoms with van der Waals surface area (Å²) in [6.45, 7) is 0.121. The molecule has 0 aliphatic rings. The zero-order valence-electron chi connectivity index (χ0n) is 12.9. The number of hydrogen-bond acceptors (Lipinski definition) is 5. The lowest BCUT2D eigenvalue weighted by Crippen LogP contribution is -2.28. The maximum atomic E-state index is 11.9. The molecular weight excluding hydrogens is 320 g/mol. The Balaban J connectivity index is 1.85. The lowest BCUT2D eigenvalue weighted by atomic mass is 10.3. The van der Waals surface area contributed by atoms with Gasteiger partial charge in [-0.25, -0.2) is 12.7 Å². The van der Waals surface area contributed by atoms with E-state index < -0.39 is 10.0 Å². The summed E-state index contributed by atoms with van der Waals surface area (Å²) in [4.78, 5) is 11.8. The van der Waals surface area contributed by atoms with Crippen LogP contribution in [0.3, 0.4) is 0 Å². The molecule has 0 fully saturated rings. The van der Waals surface area contributed by atoms with Gasteiger partial charge < -0.3 is 14.5 Å². The predicted octanol–water partition coefficient (Wildman–Crippen LogP) is 1.23. The Labute approximate surface area is 134 Å². The van der Waals surface area contributed by atoms with Crippen LogP contribution in [0, 0.1) is 0 Å². The number of amides is 1. The van der Waals surface area contributed by atoms with Gasteiger partial charge in [-0.1, -0.05) is 0 Å². The lowest BCUT2D eigenvalue weighted by molar-refractivity contribution is -0.123. The molecule has 7 nitrogen and oxygen atoms in total. The highest BCUT2D eigenvalue weighted by Crippen LogP contribution is 2.17. The average molecular weight is 338 g/mol. The summed E-state index contributed by atoms with van der Waals surface area (Å²) in [7, 11) is -0.548. The van der Waals surface area contributed by atoms with E-state index in [1.807, 2.05) is 0 Å². The van der Waals surface area contributed by atoms with Gasteiger partial charge in [0.1, 0.15) is 11.5 Å². The van der Waals surface area contributed by atoms with Crippen molar-refractivity contribution in [1.82, 2.24) is 9.62 Å². The average Bonchev–Trinajstić information content (AvgIpc) is 3.04. The van der Waals surface area contributed by atoms with Gasteiger partial charge in [-0.15, -0.1) is 0 Å². The Morgan fingerprint density at radius 2 is 1.91 bits per heavy atom. The van der Waals surface area contributed by atoms with Crippen LogP contribution in [-0.4, -0.2) is 39.3 Å². The smallest absolute Gasteiger partial charge is 0.258 e. The SMILES string of the molecule is CN(C)S(=O)(=O)c1ccc(OCC(=O)NCc2ccco2)cc1. The number of furan rings is 1. The number of carbonyl (C=O) groups is 1. The molecule has 0 spiro atoms. The first kappa shape index (κ1) is 17.0. The third-order valence-corrected chi connectivity index (χ3v) is 4.84. The van der Waals surface area contributed by atoms with Gasteiger partial charge in [0, 0.05) is 14.1 Å². The normalized spacial score (nSPS) is 11.4. The van der Waals surface area contributed by atoms with Gasteiger partial charge in [0.2, 0.25) is 10.0 Å². The molecule has 2 aromatic rings. The van der Waals surface area contributed by atoms with Gasteiger partial charge in [0.25, 0.3) is 5.91 Å². The highest BCUT2D eigenvalue weighted by atomic mass is 32.2. The number of sulfonamides is 1. The van der Waals surface area contributed by atoms with Gasteiger partial charge in [-0.3, -0.25) is 4.79 Å². The molecule has 0 atom stereocenters. The molecule has 23 heavy (non-hydrogen) atoms. The minimum atomic E-state index is -3.47. The number of ether oxygens (including phenoxy) is 1. The summed E-state index contributed by atoms with van der Waals surface area (Å²) in [5.74, 6) is 0.763. The van der Waals surface area contributed by atoms with E-state index in [0.29, 0.717) is 11.5 Å². The summed E-state index contributed by atoms with van der Waals surface area (Å²) < 4.78 is 35.4. The second-order valence-electron chi connectivity index (χ2n) is 4.90. The van der Waals surface area contributed by atoms with E-state index in [-0.39, 0.29) is 24.0 Å². The standard InChI is InChI=1S/C15H18N2O5S/c1-17(2)23(19,20)14-7-5-12(6-8-14)22-11-15(18)16-10-13-4-3-9-21-13/h3-9H,10-11H2,1-2H3,(H,16,18). The fourth-order valence-corrected chi connectivity index (χ4v) is 2.62. The minimum Gasteiger partial charge on any atom is -0.484 e. The molecule has 1 aromatic carbocycles. The number of hydrogen-bond donors (Lipinski definition) is 1. The molecule has 8 heteroatoms. The van der Waals surface area contributed by atoms with Crippen LogP contribution in [0.1, 0.15) is 5.76 Å². The van der Waals surface area contributed by atoms with Gasteiger partial charge in [0.05, 0.1) is 17.7 Å². The molecule has 1 aromatic heterocycles. The van der Waals surface area contributed by atoms with E-state index in [9.17, 15) is 13.2 Å². The quantitative estimate of drug-likeness (QED) is 0.820. The van der Waals surface area contributed by atoms with Crippen molar-refractivity contribution < 1.29 is 22.4 Å². The molecule has 2 rings (SSSR count). The third-order valence-electron chi connectivity index (χ3n) is 3.01. The van der Waals surface area contributed by atoms with Crippen molar-refractivity contribution in [1.29, 1.82) is 0 Å². The highest BCUT2D eigenvalue weighted by molar-refractivity contribution is 7.89. The first-order chi connectivity index (χ1) is 10.9. The number of rotatable bonds is 7. The fraction of sp³-hybridized carbons (Fsp3) is 0.267. The van der Waals surface area contributed by atoms with Crippen molar-refractivity contribution in [3.05, 3.63) is 48.4 Å². The Morgan fingerprint density at radius 1 is 1.22 bits per heavy atom. The zero-order chi connectivity index (χ0) is 16.9. The van der Waals surface area contributed by atoms with E-state index >= 15 is 0 Å². The van der Waals surface area contributed by atoms with Crippen molar-refractivity contribution in [3.8, 4) is 5.75 Å². The molecule has 1 N–H and O–H groups in total. The Bertz CT molecular complexity index is 737. The lowest BCUT2D eigenvalue weighted by Gasteiger charge is -2.12. The summed E-state index contributed by atoms with van der Waals surface area (Å²) in [6, 6.07) is 9.38. The number of carbonyl (C=O) groups excluding carboxylic acids is 1. The maximum absolute atomic E-state index is 11.9. The van der Waals surface area contributed by atoms with Crippen LogP contribution >= 0.6 is 0 Å². The summed E-state index contributed by atoms with van der Waals surface area (Å²) in [6.07, 6.45) is 1.53. The monoisotopic (exact) mass is 338 g/mol. The molecule has 0 saturated heterocycles. The zero-order valence-corrected chi connectivity index (χ0v) is 13.7. The van der Waals surface area contributed by atoms with Crippen molar-refractivity contribution >= 4 is 15.9 Å². The van der Waals surface area contributed by atoms with Crippen LogP contribution in [0.5, 0.6) is 5.75 Å². The van der Waals surface area contributed by atoms with E-state index in [1.165, 1.54) is 44.6 Å². The molecule has 124 valence electrons. The van der Waals surface area contributed by atoms with E-state index in [4.69, 9.17) is 9.15 Å². The van der Waals surface area contributed by atoms with Crippen LogP contribution in [0.2, 0.25) is 0 Å². The van der Waals surface area contributed by atoms with Gasteiger partial charge in [0.15, 0.2) is 6.61 Å². The molecule has 0 unspecified atom stereocenters. The van der Waals surface area contributed by atoms with Crippen molar-refractivity contribution in [2.45, 2.75) is 11.4 Å². The fourth-order valence-electron chi connectivity index (χ4n) is 1.72. The predicted molar refractivity (Wildman–Crippen MR) is 83.4 cm³/mol. The van der Waals surface area contributed by atoms with Crippen molar-refractivity contribution in [2.75, 3.05) is 20.7 Å². The van der Waals surface area contributed by atoms with E-state index in [0.717, 1.165) is 4.31 Å². The van der Waals surface area contributed by atoms with Gasteiger partial charge in [-0.05, 0) is 36.4 Å². The molecule has 0 saturated carbocycles. The number of nitrogens with zero attached hydrogens (tertiary/aromatic N) is 1. The molecule has 1 amide bonds. The Kier molecular flexibility index (Phi) is 5.41. The van der Waals surface area contributed by atoms with Crippen molar-refractivity contribution in [2.24, 2.45) is 0 Å².